The Kier molecular flexibility index (Phi) is 5.54. The minimum Gasteiger partial charge on any atom is -0.493 e. The number of benzene rings is 3. The van der Waals surface area contributed by atoms with Gasteiger partial charge >= 0.3 is 5.63 Å². The molecule has 0 aliphatic rings. The zero-order valence-electron chi connectivity index (χ0n) is 15.8. The predicted molar refractivity (Wildman–Crippen MR) is 118 cm³/mol. The van der Waals surface area contributed by atoms with Crippen LogP contribution in [0.5, 0.6) is 17.2 Å². The Morgan fingerprint density at radius 1 is 0.967 bits per heavy atom. The molecular formula is C23H16BrNO5. The maximum atomic E-state index is 12.6. The number of carbonyl (C=O) groups excluding carboxylic acids is 1. The second-order valence-electron chi connectivity index (χ2n) is 6.37. The molecule has 0 spiro atoms. The molecule has 0 atom stereocenters. The lowest BCUT2D eigenvalue weighted by atomic mass is 10.1. The zero-order chi connectivity index (χ0) is 21.1. The molecule has 4 rings (SSSR count). The summed E-state index contributed by atoms with van der Waals surface area (Å²) in [4.78, 5) is 25.0. The average molecular weight is 466 g/mol. The van der Waals surface area contributed by atoms with Crippen molar-refractivity contribution in [1.29, 1.82) is 0 Å². The second-order valence-corrected chi connectivity index (χ2v) is 7.28. The Hall–Kier alpha value is -3.58. The van der Waals surface area contributed by atoms with Gasteiger partial charge in [0, 0.05) is 15.5 Å². The number of para-hydroxylation sites is 1. The molecule has 0 aliphatic heterocycles. The third-order valence-electron chi connectivity index (χ3n) is 4.32. The van der Waals surface area contributed by atoms with E-state index in [0.717, 1.165) is 4.47 Å². The van der Waals surface area contributed by atoms with Gasteiger partial charge in [-0.15, -0.1) is 0 Å². The maximum absolute atomic E-state index is 12.6. The summed E-state index contributed by atoms with van der Waals surface area (Å²) in [5.41, 5.74) is -0.0479. The molecule has 1 aromatic heterocycles. The van der Waals surface area contributed by atoms with Crippen molar-refractivity contribution in [3.63, 3.8) is 0 Å². The van der Waals surface area contributed by atoms with Gasteiger partial charge in [0.1, 0.15) is 17.1 Å². The Labute approximate surface area is 180 Å². The smallest absolute Gasteiger partial charge is 0.349 e. The van der Waals surface area contributed by atoms with Crippen LogP contribution in [0, 0.1) is 0 Å². The molecule has 0 aliphatic carbocycles. The van der Waals surface area contributed by atoms with Gasteiger partial charge in [-0.25, -0.2) is 4.79 Å². The zero-order valence-corrected chi connectivity index (χ0v) is 17.4. The number of amides is 1. The van der Waals surface area contributed by atoms with E-state index < -0.39 is 11.5 Å². The number of carbonyl (C=O) groups is 1. The number of hydrogen-bond acceptors (Lipinski definition) is 5. The molecule has 1 heterocycles. The van der Waals surface area contributed by atoms with Crippen LogP contribution in [0.25, 0.3) is 11.0 Å². The molecule has 0 unspecified atom stereocenters. The Balaban J connectivity index is 1.55. The van der Waals surface area contributed by atoms with E-state index in [1.807, 2.05) is 30.3 Å². The summed E-state index contributed by atoms with van der Waals surface area (Å²) in [6, 6.07) is 21.1. The number of fused-ring (bicyclic) bond motifs is 1. The van der Waals surface area contributed by atoms with Gasteiger partial charge in [-0.2, -0.15) is 0 Å². The fraction of sp³-hybridized carbons (Fsp3) is 0.0435. The highest BCUT2D eigenvalue weighted by atomic mass is 79.9. The van der Waals surface area contributed by atoms with Crippen molar-refractivity contribution in [2.24, 2.45) is 0 Å². The molecule has 1 N–H and O–H groups in total. The SMILES string of the molecule is COc1cc(Br)cc2cc(C(=O)Nc3ccc(Oc4ccccc4)cc3)c(=O)oc12. The van der Waals surface area contributed by atoms with Crippen molar-refractivity contribution in [3.8, 4) is 17.2 Å². The minimum atomic E-state index is -0.746. The lowest BCUT2D eigenvalue weighted by Gasteiger charge is -2.09. The van der Waals surface area contributed by atoms with Gasteiger partial charge in [0.15, 0.2) is 11.3 Å². The number of methoxy groups -OCH3 is 1. The van der Waals surface area contributed by atoms with Crippen molar-refractivity contribution < 1.29 is 18.7 Å². The fourth-order valence-corrected chi connectivity index (χ4v) is 3.36. The van der Waals surface area contributed by atoms with E-state index in [9.17, 15) is 9.59 Å². The first-order valence-electron chi connectivity index (χ1n) is 8.99. The van der Waals surface area contributed by atoms with Crippen molar-refractivity contribution in [2.75, 3.05) is 12.4 Å². The van der Waals surface area contributed by atoms with Gasteiger partial charge in [0.2, 0.25) is 0 Å². The number of halogens is 1. The molecule has 0 saturated carbocycles. The normalized spacial score (nSPS) is 10.6. The number of ether oxygens (including phenoxy) is 2. The first-order valence-corrected chi connectivity index (χ1v) is 9.78. The van der Waals surface area contributed by atoms with Crippen LogP contribution in [0.2, 0.25) is 0 Å². The van der Waals surface area contributed by atoms with Gasteiger partial charge in [0.05, 0.1) is 7.11 Å². The Bertz CT molecular complexity index is 1270. The second kappa shape index (κ2) is 8.42. The molecule has 1 amide bonds. The van der Waals surface area contributed by atoms with Gasteiger partial charge < -0.3 is 19.2 Å². The number of anilines is 1. The molecular weight excluding hydrogens is 450 g/mol. The van der Waals surface area contributed by atoms with Crippen molar-refractivity contribution in [2.45, 2.75) is 0 Å². The van der Waals surface area contributed by atoms with E-state index in [0.29, 0.717) is 28.3 Å². The summed E-state index contributed by atoms with van der Waals surface area (Å²) in [5.74, 6) is 1.17. The lowest BCUT2D eigenvalue weighted by Crippen LogP contribution is -2.20. The van der Waals surface area contributed by atoms with Crippen LogP contribution < -0.4 is 20.4 Å². The summed E-state index contributed by atoms with van der Waals surface area (Å²) < 4.78 is 17.0. The largest absolute Gasteiger partial charge is 0.493 e. The van der Waals surface area contributed by atoms with Crippen molar-refractivity contribution in [1.82, 2.24) is 0 Å². The fourth-order valence-electron chi connectivity index (χ4n) is 2.91. The standard InChI is InChI=1S/C23H16BrNO5/c1-28-20-13-15(24)11-14-12-19(23(27)30-21(14)20)22(26)25-16-7-9-18(10-8-16)29-17-5-3-2-4-6-17/h2-13H,1H3,(H,25,26). The molecule has 0 radical (unpaired) electrons. The average Bonchev–Trinajstić information content (AvgIpc) is 2.75. The summed E-state index contributed by atoms with van der Waals surface area (Å²) in [6.45, 7) is 0. The van der Waals surface area contributed by atoms with Crippen molar-refractivity contribution in [3.05, 3.63) is 93.3 Å². The monoisotopic (exact) mass is 465 g/mol. The molecule has 0 saturated heterocycles. The van der Waals surface area contributed by atoms with E-state index >= 15 is 0 Å². The topological polar surface area (TPSA) is 77.8 Å². The van der Waals surface area contributed by atoms with Gasteiger partial charge in [-0.05, 0) is 54.6 Å². The lowest BCUT2D eigenvalue weighted by molar-refractivity contribution is 0.102. The van der Waals surface area contributed by atoms with Crippen LogP contribution in [0.15, 0.2) is 86.5 Å². The molecule has 0 fully saturated rings. The van der Waals surface area contributed by atoms with E-state index in [4.69, 9.17) is 13.9 Å². The highest BCUT2D eigenvalue weighted by Crippen LogP contribution is 2.30. The maximum Gasteiger partial charge on any atom is 0.349 e. The number of hydrogen-bond donors (Lipinski definition) is 1. The van der Waals surface area contributed by atoms with Crippen LogP contribution in [-0.4, -0.2) is 13.0 Å². The summed E-state index contributed by atoms with van der Waals surface area (Å²) >= 11 is 3.38. The Morgan fingerprint density at radius 2 is 1.67 bits per heavy atom. The Morgan fingerprint density at radius 3 is 2.37 bits per heavy atom. The van der Waals surface area contributed by atoms with Crippen LogP contribution in [0.4, 0.5) is 5.69 Å². The van der Waals surface area contributed by atoms with E-state index in [1.54, 1.807) is 36.4 Å². The van der Waals surface area contributed by atoms with Crippen LogP contribution in [0.3, 0.4) is 0 Å². The van der Waals surface area contributed by atoms with E-state index in [1.165, 1.54) is 13.2 Å². The highest BCUT2D eigenvalue weighted by molar-refractivity contribution is 9.10. The van der Waals surface area contributed by atoms with E-state index in [-0.39, 0.29) is 11.1 Å². The van der Waals surface area contributed by atoms with Gasteiger partial charge in [-0.3, -0.25) is 4.79 Å². The van der Waals surface area contributed by atoms with Crippen LogP contribution >= 0.6 is 15.9 Å². The van der Waals surface area contributed by atoms with Gasteiger partial charge in [-0.1, -0.05) is 34.1 Å². The molecule has 0 bridgehead atoms. The van der Waals surface area contributed by atoms with Crippen LogP contribution in [0.1, 0.15) is 10.4 Å². The minimum absolute atomic E-state index is 0.104. The third-order valence-corrected chi connectivity index (χ3v) is 4.78. The predicted octanol–water partition coefficient (Wildman–Crippen LogP) is 5.61. The summed E-state index contributed by atoms with van der Waals surface area (Å²) in [5, 5.41) is 3.27. The van der Waals surface area contributed by atoms with Crippen molar-refractivity contribution >= 4 is 38.5 Å². The summed E-state index contributed by atoms with van der Waals surface area (Å²) in [6.07, 6.45) is 0. The first kappa shape index (κ1) is 19.7. The number of nitrogens with one attached hydrogen (secondary N) is 1. The molecule has 6 nitrogen and oxygen atoms in total. The number of rotatable bonds is 5. The highest BCUT2D eigenvalue weighted by Gasteiger charge is 2.16. The first-order chi connectivity index (χ1) is 14.5. The molecule has 7 heteroatoms. The molecule has 4 aromatic rings. The van der Waals surface area contributed by atoms with Gasteiger partial charge in [0.25, 0.3) is 5.91 Å². The van der Waals surface area contributed by atoms with E-state index in [2.05, 4.69) is 21.2 Å². The van der Waals surface area contributed by atoms with Crippen LogP contribution in [-0.2, 0) is 0 Å². The molecule has 150 valence electrons. The summed E-state index contributed by atoms with van der Waals surface area (Å²) in [7, 11) is 1.48. The molecule has 30 heavy (non-hydrogen) atoms. The quantitative estimate of drug-likeness (QED) is 0.387. The third kappa shape index (κ3) is 4.21. The molecule has 3 aromatic carbocycles.